The average Bonchev–Trinajstić information content (AvgIpc) is 1.04. The van der Waals surface area contributed by atoms with Crippen molar-refractivity contribution >= 4 is 105 Å². The zero-order valence-corrected chi connectivity index (χ0v) is 58.3. The van der Waals surface area contributed by atoms with Crippen molar-refractivity contribution < 1.29 is 46.5 Å². The second-order valence-corrected chi connectivity index (χ2v) is 27.7. The minimum Gasteiger partial charge on any atom is -0.422 e. The standard InChI is InChI=1S/2C26H24FN5O4.C14H18N4O2.C12H6FNO3.CH4/c2*27-15-1-6-22-19(8-15)24-20(26(35)36-22)9-17(31-24)11-28-16-2-4-18(5-3-16)32-21-7-14(13-33)10-29-25(21)30-12-23(32)34;15-10-1-3-11(4-2-10)18-12-5-9(8-19)6-16-14(12)17-7-13(18)20;13-6-1-2-10-8(3-6)11-9(12(16)17-10)4-7(5-15)14-11;/h2*1,6-10,12,16,18,28,31,33H,2-5,11,13H2;5-7,10-11,19H,1-4,8,15H2;1-5,14H;1H4. The summed E-state index contributed by atoms with van der Waals surface area (Å²) in [6, 6.07) is 23.2. The molecule has 18 rings (SSSR count). The molecule has 3 saturated carbocycles. The number of nitrogens with one attached hydrogen (secondary N) is 5. The summed E-state index contributed by atoms with van der Waals surface area (Å²) in [4.78, 5) is 119. The third kappa shape index (κ3) is 15.4. The van der Waals surface area contributed by atoms with Crippen LogP contribution < -0.4 is 49.9 Å². The summed E-state index contributed by atoms with van der Waals surface area (Å²) in [5.41, 5.74) is 13.9. The van der Waals surface area contributed by atoms with E-state index >= 15 is 0 Å². The molecule has 10 N–H and O–H groups in total. The Morgan fingerprint density at radius 1 is 0.427 bits per heavy atom. The van der Waals surface area contributed by atoms with Crippen LogP contribution in [0.1, 0.15) is 141 Å². The summed E-state index contributed by atoms with van der Waals surface area (Å²) < 4.78 is 61.7. The van der Waals surface area contributed by atoms with Gasteiger partial charge in [-0.2, -0.15) is 0 Å². The van der Waals surface area contributed by atoms with Crippen LogP contribution in [-0.2, 0) is 32.9 Å². The van der Waals surface area contributed by atoms with Gasteiger partial charge in [0.2, 0.25) is 0 Å². The molecule has 0 aliphatic heterocycles. The Balaban J connectivity index is 0.000000128. The monoisotopic (exact) mass is 1500 g/mol. The molecule has 3 aromatic carbocycles. The number of fused-ring (bicyclic) bond motifs is 12. The zero-order chi connectivity index (χ0) is 75.7. The number of halogens is 3. The minimum atomic E-state index is -0.552. The number of aliphatic hydroxyl groups excluding tert-OH is 3. The first-order valence-electron chi connectivity index (χ1n) is 35.7. The fourth-order valence-electron chi connectivity index (χ4n) is 15.2. The molecule has 0 saturated heterocycles. The van der Waals surface area contributed by atoms with E-state index in [-0.39, 0.29) is 96.8 Å². The van der Waals surface area contributed by atoms with Crippen molar-refractivity contribution in [2.24, 2.45) is 5.73 Å². The van der Waals surface area contributed by atoms with Gasteiger partial charge in [0.25, 0.3) is 16.7 Å². The smallest absolute Gasteiger partial charge is 0.345 e. The van der Waals surface area contributed by atoms with Gasteiger partial charge in [0.05, 0.1) is 93.4 Å². The van der Waals surface area contributed by atoms with Gasteiger partial charge in [-0.05, 0) is 185 Å². The predicted octanol–water partition coefficient (Wildman–Crippen LogP) is 10.2. The Morgan fingerprint density at radius 3 is 1.08 bits per heavy atom. The Labute approximate surface area is 619 Å². The molecule has 3 aliphatic rings. The van der Waals surface area contributed by atoms with Gasteiger partial charge in [0, 0.05) is 95.5 Å². The van der Waals surface area contributed by atoms with Crippen molar-refractivity contribution in [3.8, 4) is 0 Å². The third-order valence-electron chi connectivity index (χ3n) is 20.6. The molecule has 0 atom stereocenters. The fourth-order valence-corrected chi connectivity index (χ4v) is 15.2. The zero-order valence-electron chi connectivity index (χ0n) is 58.3. The van der Waals surface area contributed by atoms with Gasteiger partial charge < -0.3 is 73.6 Å². The van der Waals surface area contributed by atoms with Crippen molar-refractivity contribution in [2.45, 2.75) is 154 Å². The van der Waals surface area contributed by atoms with Crippen LogP contribution >= 0.6 is 0 Å². The highest BCUT2D eigenvalue weighted by Gasteiger charge is 2.28. The molecule has 110 heavy (non-hydrogen) atoms. The van der Waals surface area contributed by atoms with Crippen LogP contribution in [0, 0.1) is 17.5 Å². The minimum absolute atomic E-state index is 0. The van der Waals surface area contributed by atoms with Crippen molar-refractivity contribution in [1.29, 1.82) is 0 Å². The second kappa shape index (κ2) is 32.1. The number of aromatic amines is 3. The number of aldehydes is 1. The van der Waals surface area contributed by atoms with Gasteiger partial charge in [0.15, 0.2) is 23.2 Å². The molecular weight excluding hydrogens is 1420 g/mol. The van der Waals surface area contributed by atoms with E-state index in [0.29, 0.717) is 124 Å². The number of benzene rings is 3. The highest BCUT2D eigenvalue weighted by molar-refractivity contribution is 6.05. The molecule has 28 nitrogen and oxygen atoms in total. The van der Waals surface area contributed by atoms with Crippen LogP contribution in [0.4, 0.5) is 13.2 Å². The lowest BCUT2D eigenvalue weighted by atomic mass is 9.90. The van der Waals surface area contributed by atoms with E-state index in [9.17, 15) is 62.1 Å². The number of H-pyrrole nitrogens is 3. The highest BCUT2D eigenvalue weighted by Crippen LogP contribution is 2.34. The summed E-state index contributed by atoms with van der Waals surface area (Å²) in [6.07, 6.45) is 19.6. The Morgan fingerprint density at radius 2 is 0.745 bits per heavy atom. The van der Waals surface area contributed by atoms with E-state index in [4.69, 9.17) is 19.0 Å². The summed E-state index contributed by atoms with van der Waals surface area (Å²) >= 11 is 0. The molecule has 0 unspecified atom stereocenters. The Kier molecular flexibility index (Phi) is 21.8. The lowest BCUT2D eigenvalue weighted by Crippen LogP contribution is -2.36. The lowest BCUT2D eigenvalue weighted by molar-refractivity contribution is 0.111. The van der Waals surface area contributed by atoms with Crippen LogP contribution in [0.3, 0.4) is 0 Å². The number of aromatic nitrogens is 12. The predicted molar refractivity (Wildman–Crippen MR) is 406 cm³/mol. The average molecular weight is 1500 g/mol. The normalized spacial score (nSPS) is 18.0. The number of carbonyl (C=O) groups is 1. The first kappa shape index (κ1) is 74.8. The van der Waals surface area contributed by atoms with Crippen molar-refractivity contribution in [1.82, 2.24) is 69.2 Å². The summed E-state index contributed by atoms with van der Waals surface area (Å²) in [7, 11) is 0. The van der Waals surface area contributed by atoms with Crippen LogP contribution in [0.15, 0.2) is 170 Å². The van der Waals surface area contributed by atoms with Gasteiger partial charge in [-0.1, -0.05) is 7.43 Å². The quantitative estimate of drug-likeness (QED) is 0.0382. The second-order valence-electron chi connectivity index (χ2n) is 27.7. The Bertz CT molecular complexity index is 6130. The van der Waals surface area contributed by atoms with E-state index in [1.165, 1.54) is 79.3 Å². The van der Waals surface area contributed by atoms with Gasteiger partial charge in [0.1, 0.15) is 34.2 Å². The molecular formula is C79H76F3N15O13. The molecule has 0 bridgehead atoms. The number of nitrogens with two attached hydrogens (primary N) is 1. The number of hydrogen-bond donors (Lipinski definition) is 9. The number of aliphatic hydroxyl groups is 3. The van der Waals surface area contributed by atoms with E-state index in [1.807, 2.05) is 0 Å². The summed E-state index contributed by atoms with van der Waals surface area (Å²) in [6.45, 7) is 0.637. The van der Waals surface area contributed by atoms with E-state index in [2.05, 4.69) is 55.5 Å². The molecule has 0 spiro atoms. The molecule has 15 aromatic rings. The topological polar surface area (TPSA) is 409 Å². The number of nitrogens with zero attached hydrogens (tertiary/aromatic N) is 9. The van der Waals surface area contributed by atoms with Crippen LogP contribution in [0.25, 0.3) is 99.1 Å². The highest BCUT2D eigenvalue weighted by atomic mass is 19.1. The Hall–Kier alpha value is -12.0. The van der Waals surface area contributed by atoms with Gasteiger partial charge in [-0.25, -0.2) is 57.5 Å². The number of pyridine rings is 3. The summed E-state index contributed by atoms with van der Waals surface area (Å²) in [5.74, 6) is -1.23. The van der Waals surface area contributed by atoms with Crippen LogP contribution in [-0.4, -0.2) is 98.3 Å². The van der Waals surface area contributed by atoms with E-state index in [1.54, 1.807) is 62.6 Å². The van der Waals surface area contributed by atoms with Gasteiger partial charge in [-0.3, -0.25) is 19.2 Å². The lowest BCUT2D eigenvalue weighted by Gasteiger charge is -2.31. The number of rotatable bonds is 13. The molecule has 12 heterocycles. The molecule has 0 amide bonds. The van der Waals surface area contributed by atoms with E-state index in [0.717, 1.165) is 88.4 Å². The van der Waals surface area contributed by atoms with Gasteiger partial charge >= 0.3 is 16.9 Å². The molecule has 0 radical (unpaired) electrons. The molecule has 31 heteroatoms. The largest absolute Gasteiger partial charge is 0.422 e. The molecule has 3 aliphatic carbocycles. The van der Waals surface area contributed by atoms with Crippen molar-refractivity contribution in [2.75, 3.05) is 0 Å². The number of hydrogen-bond acceptors (Lipinski definition) is 22. The van der Waals surface area contributed by atoms with Crippen LogP contribution in [0.5, 0.6) is 0 Å². The maximum absolute atomic E-state index is 13.8. The maximum atomic E-state index is 13.8. The first-order chi connectivity index (χ1) is 52.9. The van der Waals surface area contributed by atoms with E-state index < -0.39 is 34.3 Å². The maximum Gasteiger partial charge on any atom is 0.345 e. The number of carbonyl (C=O) groups excluding carboxylic acids is 1. The van der Waals surface area contributed by atoms with Crippen LogP contribution in [0.2, 0.25) is 0 Å². The molecule has 12 aromatic heterocycles. The first-order valence-corrected chi connectivity index (χ1v) is 35.7. The summed E-state index contributed by atoms with van der Waals surface area (Å²) in [5, 5.41) is 37.8. The third-order valence-corrected chi connectivity index (χ3v) is 20.6. The molecule has 566 valence electrons. The SMILES string of the molecule is C.NC1CCC(n2c(=O)cnc3ncc(CO)cc32)CC1.O=Cc1cc2c(=O)oc3ccc(F)cc3c2[nH]1.O=c1oc2ccc(F)cc2c2[nH]c(CNC3CCC(n4c(=O)cnc5ncc(CO)cc54)CC3)cc12.O=c1oc2ccc(F)cc2c2[nH]c(CNC3CCC(n4c(=O)cnc5ncc(CO)cc54)CC3)cc12. The van der Waals surface area contributed by atoms with Crippen molar-refractivity contribution in [3.63, 3.8) is 0 Å². The van der Waals surface area contributed by atoms with Gasteiger partial charge in [-0.15, -0.1) is 0 Å². The fraction of sp³-hybridized carbons (Fsp3) is 0.304. The van der Waals surface area contributed by atoms with Crippen molar-refractivity contribution in [3.05, 3.63) is 242 Å². The molecule has 3 fully saturated rings.